The predicted octanol–water partition coefficient (Wildman–Crippen LogP) is 3.23. The van der Waals surface area contributed by atoms with Crippen LogP contribution >= 0.6 is 11.3 Å². The molecule has 11 nitrogen and oxygen atoms in total. The molecule has 1 aromatic carbocycles. The van der Waals surface area contributed by atoms with E-state index in [0.717, 1.165) is 15.9 Å². The molecule has 0 unspecified atom stereocenters. The van der Waals surface area contributed by atoms with E-state index in [1.54, 1.807) is 20.8 Å². The highest BCUT2D eigenvalue weighted by molar-refractivity contribution is 7.20. The zero-order valence-corrected chi connectivity index (χ0v) is 23.7. The molecule has 0 aliphatic rings. The second-order valence-electron chi connectivity index (χ2n) is 8.75. The first kappa shape index (κ1) is 30.5. The summed E-state index contributed by atoms with van der Waals surface area (Å²) in [5.74, 6) is -1.49. The maximum absolute atomic E-state index is 14.3. The van der Waals surface area contributed by atoms with Crippen LogP contribution in [0.2, 0.25) is 0 Å². The Kier molecular flexibility index (Phi) is 10.2. The van der Waals surface area contributed by atoms with Crippen LogP contribution in [0, 0.1) is 24.1 Å². The van der Waals surface area contributed by atoms with Crippen LogP contribution in [0.4, 0.5) is 4.39 Å². The maximum atomic E-state index is 14.3. The molecule has 1 amide bonds. The van der Waals surface area contributed by atoms with E-state index in [4.69, 9.17) is 19.5 Å². The Balaban J connectivity index is 2.34. The number of nitrogens with one attached hydrogen (secondary N) is 1. The molecule has 0 radical (unpaired) electrons. The smallest absolute Gasteiger partial charge is 0.348 e. The number of aryl methyl sites for hydroxylation is 1. The standard InChI is InChI=1S/C27H31FN4O7S/c1-6-30-23(33)16(4)32-24(34)21-15(3)22(26(35)38-7-2)40-25(21)31(27(32)36)14-20(39-12-8-11-29)18-13-17(28)9-10-19(18)37-5/h9-10,13,16,20H,6-8,12,14H2,1-5H3,(H,30,33)/t16-,20-/m0/s1. The first-order valence-corrected chi connectivity index (χ1v) is 13.5. The highest BCUT2D eigenvalue weighted by Crippen LogP contribution is 2.33. The molecule has 3 aromatic rings. The van der Waals surface area contributed by atoms with E-state index in [0.29, 0.717) is 5.56 Å². The Morgan fingerprint density at radius 1 is 1.25 bits per heavy atom. The summed E-state index contributed by atoms with van der Waals surface area (Å²) in [7, 11) is 1.40. The van der Waals surface area contributed by atoms with Crippen LogP contribution in [-0.2, 0) is 20.8 Å². The summed E-state index contributed by atoms with van der Waals surface area (Å²) in [4.78, 5) is 53.3. The predicted molar refractivity (Wildman–Crippen MR) is 146 cm³/mol. The van der Waals surface area contributed by atoms with Gasteiger partial charge in [0, 0.05) is 12.1 Å². The Hall–Kier alpha value is -4.02. The number of ether oxygens (including phenoxy) is 3. The van der Waals surface area contributed by atoms with E-state index >= 15 is 0 Å². The lowest BCUT2D eigenvalue weighted by atomic mass is 10.1. The lowest BCUT2D eigenvalue weighted by molar-refractivity contribution is -0.123. The third-order valence-corrected chi connectivity index (χ3v) is 7.54. The molecule has 214 valence electrons. The number of thiophene rings is 1. The van der Waals surface area contributed by atoms with Crippen molar-refractivity contribution in [3.05, 3.63) is 60.9 Å². The van der Waals surface area contributed by atoms with Crippen LogP contribution in [0.5, 0.6) is 5.75 Å². The van der Waals surface area contributed by atoms with Crippen molar-refractivity contribution in [3.63, 3.8) is 0 Å². The molecule has 0 saturated heterocycles. The van der Waals surface area contributed by atoms with Crippen LogP contribution in [0.25, 0.3) is 10.2 Å². The Morgan fingerprint density at radius 2 is 1.98 bits per heavy atom. The monoisotopic (exact) mass is 574 g/mol. The van der Waals surface area contributed by atoms with Gasteiger partial charge in [-0.3, -0.25) is 14.2 Å². The number of esters is 1. The first-order chi connectivity index (χ1) is 19.1. The van der Waals surface area contributed by atoms with Crippen molar-refractivity contribution in [2.45, 2.75) is 52.8 Å². The van der Waals surface area contributed by atoms with Gasteiger partial charge in [-0.25, -0.2) is 18.5 Å². The van der Waals surface area contributed by atoms with Gasteiger partial charge >= 0.3 is 11.7 Å². The molecule has 2 heterocycles. The second kappa shape index (κ2) is 13.4. The van der Waals surface area contributed by atoms with E-state index in [-0.39, 0.29) is 59.1 Å². The molecular formula is C27H31FN4O7S. The van der Waals surface area contributed by atoms with Gasteiger partial charge in [0.15, 0.2) is 0 Å². The third kappa shape index (κ3) is 6.08. The van der Waals surface area contributed by atoms with Crippen molar-refractivity contribution in [1.82, 2.24) is 14.5 Å². The number of aromatic nitrogens is 2. The number of nitrogens with zero attached hydrogens (tertiary/aromatic N) is 3. The number of rotatable bonds is 12. The first-order valence-electron chi connectivity index (χ1n) is 12.7. The number of nitriles is 1. The zero-order valence-electron chi connectivity index (χ0n) is 22.9. The second-order valence-corrected chi connectivity index (χ2v) is 9.75. The average molecular weight is 575 g/mol. The van der Waals surface area contributed by atoms with Gasteiger partial charge in [-0.05, 0) is 51.5 Å². The number of fused-ring (bicyclic) bond motifs is 1. The Bertz CT molecular complexity index is 1570. The summed E-state index contributed by atoms with van der Waals surface area (Å²) in [6.07, 6.45) is -0.976. The number of amides is 1. The quantitative estimate of drug-likeness (QED) is 0.257. The van der Waals surface area contributed by atoms with E-state index in [1.807, 2.05) is 6.07 Å². The van der Waals surface area contributed by atoms with Crippen molar-refractivity contribution in [1.29, 1.82) is 5.26 Å². The van der Waals surface area contributed by atoms with Gasteiger partial charge in [-0.2, -0.15) is 5.26 Å². The number of hydrogen-bond donors (Lipinski definition) is 1. The highest BCUT2D eigenvalue weighted by atomic mass is 32.1. The van der Waals surface area contributed by atoms with Gasteiger partial charge in [0.2, 0.25) is 5.91 Å². The van der Waals surface area contributed by atoms with Crippen LogP contribution in [0.3, 0.4) is 0 Å². The number of halogens is 1. The molecule has 2 atom stereocenters. The van der Waals surface area contributed by atoms with E-state index in [2.05, 4.69) is 5.32 Å². The summed E-state index contributed by atoms with van der Waals surface area (Å²) in [6, 6.07) is 4.62. The maximum Gasteiger partial charge on any atom is 0.348 e. The Morgan fingerprint density at radius 3 is 2.60 bits per heavy atom. The molecule has 2 aromatic heterocycles. The minimum absolute atomic E-state index is 0.0251. The lowest BCUT2D eigenvalue weighted by Gasteiger charge is -2.23. The third-order valence-electron chi connectivity index (χ3n) is 6.24. The largest absolute Gasteiger partial charge is 0.496 e. The van der Waals surface area contributed by atoms with Crippen LogP contribution in [0.15, 0.2) is 27.8 Å². The van der Waals surface area contributed by atoms with E-state index in [9.17, 15) is 23.6 Å². The van der Waals surface area contributed by atoms with Gasteiger partial charge in [0.05, 0.1) is 44.7 Å². The SMILES string of the molecule is CCNC(=O)[C@H](C)n1c(=O)c2c(C)c(C(=O)OCC)sc2n(C[C@H](OCCC#N)c2cc(F)ccc2OC)c1=O. The van der Waals surface area contributed by atoms with Crippen molar-refractivity contribution in [2.75, 3.05) is 26.9 Å². The topological polar surface area (TPSA) is 142 Å². The molecule has 0 aliphatic heterocycles. The minimum atomic E-state index is -1.18. The van der Waals surface area contributed by atoms with Crippen molar-refractivity contribution in [3.8, 4) is 11.8 Å². The van der Waals surface area contributed by atoms with Gasteiger partial charge in [-0.1, -0.05) is 0 Å². The minimum Gasteiger partial charge on any atom is -0.496 e. The van der Waals surface area contributed by atoms with E-state index < -0.39 is 41.1 Å². The van der Waals surface area contributed by atoms with Crippen LogP contribution < -0.4 is 21.3 Å². The van der Waals surface area contributed by atoms with Crippen LogP contribution in [0.1, 0.15) is 60.1 Å². The van der Waals surface area contributed by atoms with Gasteiger partial charge in [0.25, 0.3) is 5.56 Å². The van der Waals surface area contributed by atoms with E-state index in [1.165, 1.54) is 36.8 Å². The fraction of sp³-hybridized carbons (Fsp3) is 0.444. The highest BCUT2D eigenvalue weighted by Gasteiger charge is 2.29. The fourth-order valence-electron chi connectivity index (χ4n) is 4.31. The summed E-state index contributed by atoms with van der Waals surface area (Å²) in [5.41, 5.74) is -0.977. The molecule has 3 rings (SSSR count). The van der Waals surface area contributed by atoms with Crippen molar-refractivity contribution < 1.29 is 28.2 Å². The van der Waals surface area contributed by atoms with Crippen molar-refractivity contribution in [2.24, 2.45) is 0 Å². The molecule has 0 fully saturated rings. The number of carbonyl (C=O) groups excluding carboxylic acids is 2. The molecule has 1 N–H and O–H groups in total. The van der Waals surface area contributed by atoms with Gasteiger partial charge in [-0.15, -0.1) is 11.3 Å². The number of methoxy groups -OCH3 is 1. The summed E-state index contributed by atoms with van der Waals surface area (Å²) >= 11 is 0.906. The number of hydrogen-bond acceptors (Lipinski definition) is 9. The average Bonchev–Trinajstić information content (AvgIpc) is 3.27. The van der Waals surface area contributed by atoms with Gasteiger partial charge < -0.3 is 19.5 Å². The molecule has 13 heteroatoms. The normalized spacial score (nSPS) is 12.5. The lowest BCUT2D eigenvalue weighted by Crippen LogP contribution is -2.46. The Labute approximate surface area is 233 Å². The number of likely N-dealkylation sites (N-methyl/N-ethyl adjacent to an activating group) is 1. The number of benzene rings is 1. The zero-order chi connectivity index (χ0) is 29.6. The molecule has 0 aliphatic carbocycles. The molecule has 0 saturated carbocycles. The fourth-order valence-corrected chi connectivity index (χ4v) is 5.50. The van der Waals surface area contributed by atoms with Crippen molar-refractivity contribution >= 4 is 33.4 Å². The summed E-state index contributed by atoms with van der Waals surface area (Å²) < 4.78 is 32.9. The number of carbonyl (C=O) groups is 2. The molecular weight excluding hydrogens is 543 g/mol. The van der Waals surface area contributed by atoms with Gasteiger partial charge in [0.1, 0.15) is 33.4 Å². The molecule has 40 heavy (non-hydrogen) atoms. The summed E-state index contributed by atoms with van der Waals surface area (Å²) in [6.45, 7) is 6.45. The molecule has 0 bridgehead atoms. The summed E-state index contributed by atoms with van der Waals surface area (Å²) in [5, 5.41) is 11.7. The van der Waals surface area contributed by atoms with Crippen LogP contribution in [-0.4, -0.2) is 47.9 Å². The molecule has 0 spiro atoms.